The third-order valence-electron chi connectivity index (χ3n) is 5.31. The zero-order valence-electron chi connectivity index (χ0n) is 13.1. The van der Waals surface area contributed by atoms with Crippen molar-refractivity contribution < 1.29 is 13.5 Å². The molecule has 0 bridgehead atoms. The fourth-order valence-electron chi connectivity index (χ4n) is 4.22. The molecule has 0 radical (unpaired) electrons. The van der Waals surface area contributed by atoms with Crippen LogP contribution in [0.15, 0.2) is 47.4 Å². The number of nitrogens with one attached hydrogen (secondary N) is 1. The van der Waals surface area contributed by atoms with Crippen molar-refractivity contribution in [3.63, 3.8) is 0 Å². The van der Waals surface area contributed by atoms with Crippen molar-refractivity contribution in [2.75, 3.05) is 5.32 Å². The van der Waals surface area contributed by atoms with Crippen LogP contribution in [0.2, 0.25) is 0 Å². The van der Waals surface area contributed by atoms with Gasteiger partial charge in [-0.15, -0.1) is 0 Å². The summed E-state index contributed by atoms with van der Waals surface area (Å²) < 4.78 is 23.3. The minimum Gasteiger partial charge on any atom is -0.508 e. The highest BCUT2D eigenvalue weighted by molar-refractivity contribution is 7.89. The number of phenolic OH excluding ortho intramolecular Hbond substituents is 1. The summed E-state index contributed by atoms with van der Waals surface area (Å²) in [4.78, 5) is 0.178. The number of primary sulfonamides is 1. The Hall–Kier alpha value is -2.05. The van der Waals surface area contributed by atoms with Crippen LogP contribution in [0.25, 0.3) is 0 Å². The molecule has 2 aromatic carbocycles. The quantitative estimate of drug-likeness (QED) is 0.780. The van der Waals surface area contributed by atoms with Crippen molar-refractivity contribution >= 4 is 15.7 Å². The lowest BCUT2D eigenvalue weighted by Crippen LogP contribution is -2.29. The largest absolute Gasteiger partial charge is 0.508 e. The number of fused-ring (bicyclic) bond motifs is 3. The van der Waals surface area contributed by atoms with Gasteiger partial charge in [0, 0.05) is 5.69 Å². The Morgan fingerprint density at radius 3 is 2.54 bits per heavy atom. The van der Waals surface area contributed by atoms with Crippen molar-refractivity contribution in [3.05, 3.63) is 53.6 Å². The summed E-state index contributed by atoms with van der Waals surface area (Å²) in [5, 5.41) is 18.4. The third-order valence-corrected chi connectivity index (χ3v) is 6.22. The summed E-state index contributed by atoms with van der Waals surface area (Å²) in [6.07, 6.45) is 3.29. The van der Waals surface area contributed by atoms with E-state index in [1.807, 2.05) is 18.2 Å². The van der Waals surface area contributed by atoms with Crippen LogP contribution in [-0.4, -0.2) is 13.5 Å². The van der Waals surface area contributed by atoms with E-state index in [1.165, 1.54) is 0 Å². The number of benzene rings is 2. The van der Waals surface area contributed by atoms with E-state index in [0.29, 0.717) is 11.8 Å². The molecule has 0 aromatic heterocycles. The lowest BCUT2D eigenvalue weighted by Gasteiger charge is -2.37. The summed E-state index contributed by atoms with van der Waals surface area (Å²) in [6, 6.07) is 12.6. The van der Waals surface area contributed by atoms with Crippen LogP contribution in [-0.2, 0) is 10.0 Å². The number of sulfonamides is 1. The van der Waals surface area contributed by atoms with Crippen molar-refractivity contribution in [3.8, 4) is 5.75 Å². The van der Waals surface area contributed by atoms with Gasteiger partial charge in [-0.2, -0.15) is 0 Å². The molecule has 4 rings (SSSR count). The summed E-state index contributed by atoms with van der Waals surface area (Å²) in [6.45, 7) is 0. The zero-order chi connectivity index (χ0) is 16.9. The topological polar surface area (TPSA) is 92.4 Å². The van der Waals surface area contributed by atoms with Gasteiger partial charge in [0.05, 0.1) is 10.9 Å². The molecule has 1 fully saturated rings. The molecule has 2 aliphatic rings. The Morgan fingerprint density at radius 2 is 1.83 bits per heavy atom. The summed E-state index contributed by atoms with van der Waals surface area (Å²) >= 11 is 0. The normalized spacial score (nSPS) is 25.6. The molecule has 3 atom stereocenters. The molecular formula is C18H20N2O3S. The molecule has 2 aromatic rings. The van der Waals surface area contributed by atoms with Gasteiger partial charge >= 0.3 is 0 Å². The van der Waals surface area contributed by atoms with Gasteiger partial charge in [-0.05, 0) is 66.1 Å². The maximum absolute atomic E-state index is 11.7. The number of rotatable bonds is 2. The minimum atomic E-state index is -3.69. The Balaban J connectivity index is 1.78. The average molecular weight is 344 g/mol. The summed E-state index contributed by atoms with van der Waals surface area (Å²) in [5.74, 6) is 1.01. The number of anilines is 1. The maximum atomic E-state index is 11.7. The molecule has 4 N–H and O–H groups in total. The van der Waals surface area contributed by atoms with E-state index in [-0.39, 0.29) is 16.7 Å². The van der Waals surface area contributed by atoms with E-state index in [1.54, 1.807) is 24.3 Å². The molecule has 24 heavy (non-hydrogen) atoms. The van der Waals surface area contributed by atoms with Gasteiger partial charge in [0.1, 0.15) is 5.75 Å². The van der Waals surface area contributed by atoms with Crippen LogP contribution in [0.3, 0.4) is 0 Å². The first-order chi connectivity index (χ1) is 11.4. The van der Waals surface area contributed by atoms with Gasteiger partial charge in [-0.25, -0.2) is 13.6 Å². The van der Waals surface area contributed by atoms with E-state index >= 15 is 0 Å². The predicted molar refractivity (Wildman–Crippen MR) is 92.4 cm³/mol. The third kappa shape index (κ3) is 2.56. The van der Waals surface area contributed by atoms with E-state index in [4.69, 9.17) is 5.14 Å². The first kappa shape index (κ1) is 15.5. The molecule has 1 aliphatic carbocycles. The van der Waals surface area contributed by atoms with Gasteiger partial charge in [0.25, 0.3) is 0 Å². The number of hydrogen-bond donors (Lipinski definition) is 3. The second-order valence-corrected chi connectivity index (χ2v) is 8.27. The van der Waals surface area contributed by atoms with Gasteiger partial charge in [0.2, 0.25) is 10.0 Å². The monoisotopic (exact) mass is 344 g/mol. The number of nitrogens with two attached hydrogens (primary N) is 1. The molecule has 6 heteroatoms. The molecule has 0 unspecified atom stereocenters. The second-order valence-electron chi connectivity index (χ2n) is 6.71. The van der Waals surface area contributed by atoms with Crippen molar-refractivity contribution in [2.45, 2.75) is 36.1 Å². The van der Waals surface area contributed by atoms with Gasteiger partial charge < -0.3 is 10.4 Å². The fraction of sp³-hybridized carbons (Fsp3) is 0.333. The second kappa shape index (κ2) is 5.50. The van der Waals surface area contributed by atoms with Gasteiger partial charge in [-0.1, -0.05) is 18.6 Å². The van der Waals surface area contributed by atoms with Crippen molar-refractivity contribution in [1.29, 1.82) is 0 Å². The van der Waals surface area contributed by atoms with Crippen LogP contribution in [0.4, 0.5) is 5.69 Å². The lowest BCUT2D eigenvalue weighted by molar-refractivity contribution is 0.405. The molecule has 5 nitrogen and oxygen atoms in total. The van der Waals surface area contributed by atoms with Crippen LogP contribution in [0.5, 0.6) is 5.75 Å². The molecule has 1 aliphatic heterocycles. The fourth-order valence-corrected chi connectivity index (χ4v) is 4.77. The smallest absolute Gasteiger partial charge is 0.238 e. The Morgan fingerprint density at radius 1 is 1.08 bits per heavy atom. The molecule has 126 valence electrons. The van der Waals surface area contributed by atoms with E-state index in [2.05, 4.69) is 5.32 Å². The maximum Gasteiger partial charge on any atom is 0.238 e. The van der Waals surface area contributed by atoms with E-state index in [0.717, 1.165) is 36.1 Å². The molecule has 1 saturated carbocycles. The van der Waals surface area contributed by atoms with Crippen LogP contribution in [0, 0.1) is 5.92 Å². The van der Waals surface area contributed by atoms with Crippen molar-refractivity contribution in [1.82, 2.24) is 0 Å². The summed E-state index contributed by atoms with van der Waals surface area (Å²) in [5.41, 5.74) is 3.17. The minimum absolute atomic E-state index is 0.172. The van der Waals surface area contributed by atoms with E-state index < -0.39 is 10.0 Å². The highest BCUT2D eigenvalue weighted by Gasteiger charge is 2.40. The van der Waals surface area contributed by atoms with Crippen LogP contribution < -0.4 is 10.5 Å². The van der Waals surface area contributed by atoms with Gasteiger partial charge in [0.15, 0.2) is 0 Å². The molecule has 0 spiro atoms. The molecule has 0 amide bonds. The number of hydrogen-bond acceptors (Lipinski definition) is 4. The first-order valence-electron chi connectivity index (χ1n) is 8.16. The Labute approximate surface area is 141 Å². The number of aromatic hydroxyl groups is 1. The molecular weight excluding hydrogens is 324 g/mol. The zero-order valence-corrected chi connectivity index (χ0v) is 14.0. The predicted octanol–water partition coefficient (Wildman–Crippen LogP) is 3.09. The van der Waals surface area contributed by atoms with Crippen LogP contribution >= 0.6 is 0 Å². The van der Waals surface area contributed by atoms with Gasteiger partial charge in [-0.3, -0.25) is 0 Å². The molecule has 1 heterocycles. The van der Waals surface area contributed by atoms with Crippen LogP contribution in [0.1, 0.15) is 42.3 Å². The van der Waals surface area contributed by atoms with Crippen molar-refractivity contribution in [2.24, 2.45) is 11.1 Å². The Kier molecular flexibility index (Phi) is 3.54. The first-order valence-corrected chi connectivity index (χ1v) is 9.70. The standard InChI is InChI=1S/C18H20N2O3S/c19-24(22,23)13-8-9-17-16(10-13)14-2-1-3-15(14)18(20-17)11-4-6-12(21)7-5-11/h4-10,14-15,18,20-21H,1-3H2,(H2,19,22,23)/t14-,15+,18+/m0/s1. The summed E-state index contributed by atoms with van der Waals surface area (Å²) in [7, 11) is -3.69. The molecule has 0 saturated heterocycles. The lowest BCUT2D eigenvalue weighted by atomic mass is 9.77. The average Bonchev–Trinajstić information content (AvgIpc) is 3.03. The Bertz CT molecular complexity index is 878. The highest BCUT2D eigenvalue weighted by Crippen LogP contribution is 2.53. The van der Waals surface area contributed by atoms with E-state index in [9.17, 15) is 13.5 Å². The highest BCUT2D eigenvalue weighted by atomic mass is 32.2. The number of phenols is 1. The SMILES string of the molecule is NS(=O)(=O)c1ccc2c(c1)[C@H]1CCC[C@H]1[C@@H](c1ccc(O)cc1)N2.